The van der Waals surface area contributed by atoms with Crippen LogP contribution in [0.4, 0.5) is 5.69 Å². The summed E-state index contributed by atoms with van der Waals surface area (Å²) in [4.78, 5) is 10.3. The molecule has 0 aliphatic heterocycles. The van der Waals surface area contributed by atoms with Crippen molar-refractivity contribution in [2.45, 2.75) is 12.5 Å². The molecular formula is C10H12N4O2. The molecule has 0 aromatic heterocycles. The lowest BCUT2D eigenvalue weighted by Crippen LogP contribution is -2.16. The normalized spacial score (nSPS) is 11.8. The van der Waals surface area contributed by atoms with E-state index in [1.54, 1.807) is 0 Å². The fourth-order valence-corrected chi connectivity index (χ4v) is 1.42. The number of nitrogens with zero attached hydrogens (tertiary/aromatic N) is 2. The SMILES string of the molecule is N#Cc1ccc([N+](=O)[O-])c(C(N)CCN)c1. The van der Waals surface area contributed by atoms with Crippen molar-refractivity contribution in [1.82, 2.24) is 0 Å². The highest BCUT2D eigenvalue weighted by Crippen LogP contribution is 2.26. The Kier molecular flexibility index (Phi) is 3.94. The van der Waals surface area contributed by atoms with Gasteiger partial charge in [-0.1, -0.05) is 0 Å². The number of rotatable bonds is 4. The lowest BCUT2D eigenvalue weighted by Gasteiger charge is -2.11. The lowest BCUT2D eigenvalue weighted by molar-refractivity contribution is -0.385. The number of nitriles is 1. The third-order valence-corrected chi connectivity index (χ3v) is 2.23. The maximum absolute atomic E-state index is 10.8. The minimum atomic E-state index is -0.515. The third-order valence-electron chi connectivity index (χ3n) is 2.23. The first-order valence-corrected chi connectivity index (χ1v) is 4.74. The molecule has 0 bridgehead atoms. The van der Waals surface area contributed by atoms with Gasteiger partial charge in [-0.25, -0.2) is 0 Å². The smallest absolute Gasteiger partial charge is 0.274 e. The quantitative estimate of drug-likeness (QED) is 0.574. The molecule has 16 heavy (non-hydrogen) atoms. The van der Waals surface area contributed by atoms with E-state index < -0.39 is 11.0 Å². The Bertz CT molecular complexity index is 439. The van der Waals surface area contributed by atoms with Crippen LogP contribution in [0, 0.1) is 21.4 Å². The van der Waals surface area contributed by atoms with Crippen LogP contribution in [0.25, 0.3) is 0 Å². The second-order valence-corrected chi connectivity index (χ2v) is 3.33. The minimum Gasteiger partial charge on any atom is -0.330 e. The second kappa shape index (κ2) is 5.21. The minimum absolute atomic E-state index is 0.0695. The Morgan fingerprint density at radius 1 is 1.56 bits per heavy atom. The van der Waals surface area contributed by atoms with Crippen LogP contribution in [0.2, 0.25) is 0 Å². The van der Waals surface area contributed by atoms with E-state index in [1.807, 2.05) is 6.07 Å². The molecule has 1 rings (SSSR count). The first kappa shape index (κ1) is 12.1. The maximum atomic E-state index is 10.8. The molecule has 0 amide bonds. The standard InChI is InChI=1S/C10H12N4O2/c11-4-3-9(13)8-5-7(6-12)1-2-10(8)14(15)16/h1-2,5,9H,3-4,11,13H2. The first-order valence-electron chi connectivity index (χ1n) is 4.74. The summed E-state index contributed by atoms with van der Waals surface area (Å²) in [6, 6.07) is 5.54. The second-order valence-electron chi connectivity index (χ2n) is 3.33. The van der Waals surface area contributed by atoms with E-state index >= 15 is 0 Å². The van der Waals surface area contributed by atoms with Crippen molar-refractivity contribution in [3.8, 4) is 6.07 Å². The van der Waals surface area contributed by atoms with Crippen molar-refractivity contribution in [3.63, 3.8) is 0 Å². The van der Waals surface area contributed by atoms with Crippen LogP contribution >= 0.6 is 0 Å². The summed E-state index contributed by atoms with van der Waals surface area (Å²) in [7, 11) is 0. The molecule has 1 aromatic carbocycles. The van der Waals surface area contributed by atoms with Gasteiger partial charge in [0.15, 0.2) is 0 Å². The Morgan fingerprint density at radius 2 is 2.25 bits per heavy atom. The molecule has 4 N–H and O–H groups in total. The molecule has 84 valence electrons. The van der Waals surface area contributed by atoms with Gasteiger partial charge in [-0.3, -0.25) is 10.1 Å². The van der Waals surface area contributed by atoms with E-state index in [1.165, 1.54) is 18.2 Å². The zero-order valence-electron chi connectivity index (χ0n) is 8.59. The molecule has 0 aliphatic rings. The molecule has 0 spiro atoms. The average molecular weight is 220 g/mol. The molecule has 1 unspecified atom stereocenters. The summed E-state index contributed by atoms with van der Waals surface area (Å²) in [6.45, 7) is 0.342. The van der Waals surface area contributed by atoms with Crippen LogP contribution < -0.4 is 11.5 Å². The number of hydrogen-bond acceptors (Lipinski definition) is 5. The van der Waals surface area contributed by atoms with Gasteiger partial charge in [-0.2, -0.15) is 5.26 Å². The van der Waals surface area contributed by atoms with Gasteiger partial charge in [0.2, 0.25) is 0 Å². The zero-order valence-corrected chi connectivity index (χ0v) is 8.59. The van der Waals surface area contributed by atoms with Gasteiger partial charge in [0, 0.05) is 17.7 Å². The summed E-state index contributed by atoms with van der Waals surface area (Å²) in [6.07, 6.45) is 0.440. The Balaban J connectivity index is 3.21. The Hall–Kier alpha value is -1.97. The third kappa shape index (κ3) is 2.53. The zero-order chi connectivity index (χ0) is 12.1. The average Bonchev–Trinajstić information content (AvgIpc) is 2.28. The highest BCUT2D eigenvalue weighted by Gasteiger charge is 2.19. The van der Waals surface area contributed by atoms with E-state index in [9.17, 15) is 10.1 Å². The summed E-state index contributed by atoms with van der Waals surface area (Å²) in [5, 5.41) is 19.5. The monoisotopic (exact) mass is 220 g/mol. The fourth-order valence-electron chi connectivity index (χ4n) is 1.42. The van der Waals surface area contributed by atoms with Crippen LogP contribution in [-0.2, 0) is 0 Å². The van der Waals surface area contributed by atoms with E-state index in [0.717, 1.165) is 0 Å². The number of nitro benzene ring substituents is 1. The highest BCUT2D eigenvalue weighted by molar-refractivity contribution is 5.47. The van der Waals surface area contributed by atoms with Crippen molar-refractivity contribution in [3.05, 3.63) is 39.4 Å². The fraction of sp³-hybridized carbons (Fsp3) is 0.300. The molecule has 1 aromatic rings. The molecule has 6 nitrogen and oxygen atoms in total. The van der Waals surface area contributed by atoms with Crippen molar-refractivity contribution in [1.29, 1.82) is 5.26 Å². The van der Waals surface area contributed by atoms with Gasteiger partial charge >= 0.3 is 0 Å². The molecule has 0 fully saturated rings. The molecule has 0 saturated carbocycles. The van der Waals surface area contributed by atoms with E-state index in [-0.39, 0.29) is 5.69 Å². The number of hydrogen-bond donors (Lipinski definition) is 2. The summed E-state index contributed by atoms with van der Waals surface area (Å²) < 4.78 is 0. The number of nitrogens with two attached hydrogens (primary N) is 2. The van der Waals surface area contributed by atoms with Crippen LogP contribution in [0.3, 0.4) is 0 Å². The molecule has 1 atom stereocenters. The molecule has 0 saturated heterocycles. The van der Waals surface area contributed by atoms with Crippen molar-refractivity contribution < 1.29 is 4.92 Å². The first-order chi connectivity index (χ1) is 7.60. The van der Waals surface area contributed by atoms with Crippen LogP contribution in [0.1, 0.15) is 23.6 Å². The van der Waals surface area contributed by atoms with Gasteiger partial charge in [-0.05, 0) is 25.1 Å². The van der Waals surface area contributed by atoms with E-state index in [0.29, 0.717) is 24.1 Å². The summed E-state index contributed by atoms with van der Waals surface area (Å²) in [5.41, 5.74) is 11.8. The van der Waals surface area contributed by atoms with Gasteiger partial charge in [0.05, 0.1) is 16.6 Å². The van der Waals surface area contributed by atoms with Gasteiger partial charge < -0.3 is 11.5 Å². The van der Waals surface area contributed by atoms with Crippen LogP contribution in [0.5, 0.6) is 0 Å². The molecule has 6 heteroatoms. The number of nitro groups is 1. The highest BCUT2D eigenvalue weighted by atomic mass is 16.6. The summed E-state index contributed by atoms with van der Waals surface area (Å²) >= 11 is 0. The molecule has 0 radical (unpaired) electrons. The predicted octanol–water partition coefficient (Wildman–Crippen LogP) is 0.815. The topological polar surface area (TPSA) is 119 Å². The maximum Gasteiger partial charge on any atom is 0.274 e. The Labute approximate surface area is 92.6 Å². The van der Waals surface area contributed by atoms with E-state index in [4.69, 9.17) is 16.7 Å². The molecule has 0 heterocycles. The van der Waals surface area contributed by atoms with E-state index in [2.05, 4.69) is 0 Å². The van der Waals surface area contributed by atoms with Gasteiger partial charge in [0.25, 0.3) is 5.69 Å². The predicted molar refractivity (Wildman–Crippen MR) is 58.4 cm³/mol. The largest absolute Gasteiger partial charge is 0.330 e. The number of benzene rings is 1. The molecule has 0 aliphatic carbocycles. The van der Waals surface area contributed by atoms with Gasteiger partial charge in [-0.15, -0.1) is 0 Å². The van der Waals surface area contributed by atoms with Crippen molar-refractivity contribution in [2.24, 2.45) is 11.5 Å². The lowest BCUT2D eigenvalue weighted by atomic mass is 10.0. The van der Waals surface area contributed by atoms with Crippen molar-refractivity contribution >= 4 is 5.69 Å². The molecular weight excluding hydrogens is 208 g/mol. The van der Waals surface area contributed by atoms with Gasteiger partial charge in [0.1, 0.15) is 0 Å². The van der Waals surface area contributed by atoms with Crippen molar-refractivity contribution in [2.75, 3.05) is 6.54 Å². The van der Waals surface area contributed by atoms with Crippen LogP contribution in [-0.4, -0.2) is 11.5 Å². The Morgan fingerprint density at radius 3 is 2.75 bits per heavy atom. The summed E-state index contributed by atoms with van der Waals surface area (Å²) in [5.74, 6) is 0. The van der Waals surface area contributed by atoms with Crippen LogP contribution in [0.15, 0.2) is 18.2 Å².